The number of ether oxygens (including phenoxy) is 2. The van der Waals surface area contributed by atoms with E-state index in [2.05, 4.69) is 17.0 Å². The number of nitrogens with one attached hydrogen (secondary N) is 2. The van der Waals surface area contributed by atoms with Crippen molar-refractivity contribution in [1.29, 1.82) is 0 Å². The maximum absolute atomic E-state index is 12.9. The molecule has 0 aliphatic rings. The van der Waals surface area contributed by atoms with E-state index in [1.165, 1.54) is 30.3 Å². The summed E-state index contributed by atoms with van der Waals surface area (Å²) in [6.45, 7) is 12.4. The van der Waals surface area contributed by atoms with Gasteiger partial charge in [0.25, 0.3) is 0 Å². The van der Waals surface area contributed by atoms with Crippen molar-refractivity contribution < 1.29 is 37.7 Å². The summed E-state index contributed by atoms with van der Waals surface area (Å²) in [5, 5.41) is 5.45. The third-order valence-electron chi connectivity index (χ3n) is 5.60. The molecule has 2 N–H and O–H groups in total. The van der Waals surface area contributed by atoms with Crippen LogP contribution in [0.5, 0.6) is 5.75 Å². The molecule has 0 radical (unpaired) electrons. The highest BCUT2D eigenvalue weighted by Crippen LogP contribution is 2.36. The molecular formula is C32H44N3O8P. The molecule has 0 aliphatic heterocycles. The van der Waals surface area contributed by atoms with Gasteiger partial charge in [-0.1, -0.05) is 56.0 Å². The molecule has 3 atom stereocenters. The molecule has 44 heavy (non-hydrogen) atoms. The largest absolute Gasteiger partial charge is 0.462 e. The molecule has 0 saturated carbocycles. The van der Waals surface area contributed by atoms with Crippen LogP contribution in [0, 0.1) is 0 Å². The van der Waals surface area contributed by atoms with Crippen LogP contribution >= 0.6 is 8.53 Å². The third kappa shape index (κ3) is 15.0. The first-order valence-corrected chi connectivity index (χ1v) is 15.3. The number of aldehydes is 1. The van der Waals surface area contributed by atoms with Gasteiger partial charge in [0.15, 0.2) is 5.78 Å². The van der Waals surface area contributed by atoms with Gasteiger partial charge in [-0.05, 0) is 64.0 Å². The smallest absolute Gasteiger partial charge is 0.323 e. The van der Waals surface area contributed by atoms with E-state index in [0.29, 0.717) is 24.0 Å². The van der Waals surface area contributed by atoms with E-state index in [4.69, 9.17) is 18.5 Å². The lowest BCUT2D eigenvalue weighted by atomic mass is 10.1. The van der Waals surface area contributed by atoms with Gasteiger partial charge in [0.05, 0.1) is 18.8 Å². The lowest BCUT2D eigenvalue weighted by molar-refractivity contribution is -0.145. The van der Waals surface area contributed by atoms with Crippen LogP contribution in [0.3, 0.4) is 0 Å². The topological polar surface area (TPSA) is 132 Å². The van der Waals surface area contributed by atoms with Gasteiger partial charge in [-0.3, -0.25) is 19.3 Å². The number of nitrogens with zero attached hydrogens (tertiary/aromatic N) is 1. The zero-order valence-electron chi connectivity index (χ0n) is 26.2. The molecule has 0 heterocycles. The molecule has 0 spiro atoms. The monoisotopic (exact) mass is 629 g/mol. The van der Waals surface area contributed by atoms with E-state index >= 15 is 0 Å². The lowest BCUT2D eigenvalue weighted by Crippen LogP contribution is -2.43. The van der Waals surface area contributed by atoms with Crippen LogP contribution in [0.1, 0.15) is 51.4 Å². The fourth-order valence-corrected chi connectivity index (χ4v) is 4.47. The summed E-state index contributed by atoms with van der Waals surface area (Å²) in [5.74, 6) is -0.359. The molecular weight excluding hydrogens is 585 g/mol. The number of benzene rings is 1. The van der Waals surface area contributed by atoms with Crippen molar-refractivity contribution in [2.45, 2.75) is 59.5 Å². The number of allylic oxidation sites excluding steroid dienone is 8. The SMILES string of the molecule is C=C\C=C/C(/C=C/C(=O)c1cccc(OP(NCC(=O)OC(C)C)OCC(CC)OC(C)N(/C=C\C=O)C(=O)NC)c1)=C\C. The van der Waals surface area contributed by atoms with Crippen LogP contribution in [0.15, 0.2) is 85.1 Å². The maximum atomic E-state index is 12.9. The zero-order valence-corrected chi connectivity index (χ0v) is 27.1. The number of urea groups is 1. The van der Waals surface area contributed by atoms with Crippen molar-refractivity contribution in [3.8, 4) is 5.75 Å². The van der Waals surface area contributed by atoms with Crippen molar-refractivity contribution in [1.82, 2.24) is 15.3 Å². The Morgan fingerprint density at radius 1 is 1.11 bits per heavy atom. The third-order valence-corrected chi connectivity index (χ3v) is 6.78. The minimum absolute atomic E-state index is 0.0451. The molecule has 1 aromatic rings. The Labute approximate surface area is 261 Å². The Bertz CT molecular complexity index is 1210. The van der Waals surface area contributed by atoms with Gasteiger partial charge in [0, 0.05) is 18.8 Å². The number of hydrogen-bond donors (Lipinski definition) is 2. The Morgan fingerprint density at radius 3 is 2.48 bits per heavy atom. The first-order chi connectivity index (χ1) is 21.1. The van der Waals surface area contributed by atoms with Gasteiger partial charge in [-0.15, -0.1) is 0 Å². The fraction of sp³-hybridized carbons (Fsp3) is 0.375. The van der Waals surface area contributed by atoms with Gasteiger partial charge in [0.2, 0.25) is 0 Å². The molecule has 1 rings (SSSR count). The summed E-state index contributed by atoms with van der Waals surface area (Å²) in [4.78, 5) is 49.4. The number of carbonyl (C=O) groups excluding carboxylic acids is 4. The first kappa shape index (κ1) is 38.1. The van der Waals surface area contributed by atoms with Crippen LogP contribution < -0.4 is 14.9 Å². The molecule has 0 bridgehead atoms. The fourth-order valence-electron chi connectivity index (χ4n) is 3.39. The predicted octanol–water partition coefficient (Wildman–Crippen LogP) is 5.77. The minimum Gasteiger partial charge on any atom is -0.462 e. The molecule has 2 amide bonds. The molecule has 1 aromatic carbocycles. The van der Waals surface area contributed by atoms with Crippen molar-refractivity contribution >= 4 is 32.6 Å². The number of rotatable bonds is 20. The number of esters is 1. The number of hydrogen-bond acceptors (Lipinski definition) is 9. The second-order valence-corrected chi connectivity index (χ2v) is 10.6. The van der Waals surface area contributed by atoms with Crippen LogP contribution in [0.2, 0.25) is 0 Å². The number of carbonyl (C=O) groups is 4. The van der Waals surface area contributed by atoms with Crippen LogP contribution in [-0.2, 0) is 23.6 Å². The van der Waals surface area contributed by atoms with Gasteiger partial charge in [-0.2, -0.15) is 0 Å². The molecule has 0 aromatic heterocycles. The number of amides is 2. The second kappa shape index (κ2) is 21.7. The molecule has 0 fully saturated rings. The molecule has 11 nitrogen and oxygen atoms in total. The summed E-state index contributed by atoms with van der Waals surface area (Å²) < 4.78 is 23.3. The highest BCUT2D eigenvalue weighted by molar-refractivity contribution is 7.45. The highest BCUT2D eigenvalue weighted by atomic mass is 31.2. The Hall–Kier alpha value is -3.89. The lowest BCUT2D eigenvalue weighted by Gasteiger charge is -2.29. The van der Waals surface area contributed by atoms with Crippen molar-refractivity contribution in [2.24, 2.45) is 0 Å². The minimum atomic E-state index is -1.90. The van der Waals surface area contributed by atoms with Crippen LogP contribution in [-0.4, -0.2) is 67.6 Å². The van der Waals surface area contributed by atoms with Gasteiger partial charge in [0.1, 0.15) is 24.8 Å². The maximum Gasteiger partial charge on any atom is 0.323 e. The van der Waals surface area contributed by atoms with E-state index in [1.807, 2.05) is 26.0 Å². The highest BCUT2D eigenvalue weighted by Gasteiger charge is 2.23. The average molecular weight is 630 g/mol. The van der Waals surface area contributed by atoms with Crippen molar-refractivity contribution in [3.05, 3.63) is 90.7 Å². The van der Waals surface area contributed by atoms with Crippen LogP contribution in [0.25, 0.3) is 0 Å². The standard InChI is InChI=1S/C32H44N3O8P/c1-8-11-14-26(9-2)17-18-30(37)27-15-12-16-29(21-27)43-44(34-22-31(38)41-24(4)5)40-23-28(10-3)42-25(6)35(19-13-20-36)32(39)33-7/h8-9,11-21,24-25,28,34H,1,10,22-23H2,2-7H3,(H,33,39)/b14-11-,18-17+,19-13-,26-9+. The van der Waals surface area contributed by atoms with Gasteiger partial charge in [-0.25, -0.2) is 9.88 Å². The number of ketones is 1. The summed E-state index contributed by atoms with van der Waals surface area (Å²) in [6.07, 6.45) is 12.4. The van der Waals surface area contributed by atoms with Crippen LogP contribution in [0.4, 0.5) is 4.79 Å². The van der Waals surface area contributed by atoms with Crippen molar-refractivity contribution in [3.63, 3.8) is 0 Å². The molecule has 3 unspecified atom stereocenters. The Balaban J connectivity index is 3.07. The van der Waals surface area contributed by atoms with E-state index in [1.54, 1.807) is 63.3 Å². The van der Waals surface area contributed by atoms with E-state index in [0.717, 1.165) is 5.57 Å². The summed E-state index contributed by atoms with van der Waals surface area (Å²) in [7, 11) is -0.428. The van der Waals surface area contributed by atoms with Crippen molar-refractivity contribution in [2.75, 3.05) is 20.2 Å². The normalized spacial score (nSPS) is 14.0. The van der Waals surface area contributed by atoms with Gasteiger partial charge < -0.3 is 23.8 Å². The Kier molecular flexibility index (Phi) is 18.8. The van der Waals surface area contributed by atoms with E-state index < -0.39 is 32.9 Å². The molecule has 240 valence electrons. The Morgan fingerprint density at radius 2 is 1.86 bits per heavy atom. The predicted molar refractivity (Wildman–Crippen MR) is 172 cm³/mol. The summed E-state index contributed by atoms with van der Waals surface area (Å²) >= 11 is 0. The summed E-state index contributed by atoms with van der Waals surface area (Å²) in [6, 6.07) is 6.16. The molecule has 0 aliphatic carbocycles. The summed E-state index contributed by atoms with van der Waals surface area (Å²) in [5.41, 5.74) is 1.25. The van der Waals surface area contributed by atoms with E-state index in [-0.39, 0.29) is 25.0 Å². The molecule has 12 heteroatoms. The van der Waals surface area contributed by atoms with Gasteiger partial charge >= 0.3 is 20.5 Å². The quantitative estimate of drug-likeness (QED) is 0.0351. The molecule has 0 saturated heterocycles. The zero-order chi connectivity index (χ0) is 32.9. The first-order valence-electron chi connectivity index (χ1n) is 14.2. The average Bonchev–Trinajstić information content (AvgIpc) is 3.01. The second-order valence-electron chi connectivity index (χ2n) is 9.33. The van der Waals surface area contributed by atoms with E-state index in [9.17, 15) is 19.2 Å².